The van der Waals surface area contributed by atoms with Crippen LogP contribution in [0.25, 0.3) is 5.69 Å². The van der Waals surface area contributed by atoms with Crippen LogP contribution < -0.4 is 11.1 Å². The molecule has 3 N–H and O–H groups in total. The lowest BCUT2D eigenvalue weighted by atomic mass is 9.95. The van der Waals surface area contributed by atoms with Gasteiger partial charge in [-0.15, -0.1) is 12.4 Å². The van der Waals surface area contributed by atoms with Crippen LogP contribution in [-0.4, -0.2) is 27.8 Å². The van der Waals surface area contributed by atoms with E-state index in [1.807, 2.05) is 6.92 Å². The van der Waals surface area contributed by atoms with Gasteiger partial charge in [0.25, 0.3) is 5.91 Å². The van der Waals surface area contributed by atoms with Crippen LogP contribution in [0.1, 0.15) is 47.9 Å². The van der Waals surface area contributed by atoms with Crippen molar-refractivity contribution >= 4 is 18.3 Å². The molecule has 2 aromatic rings. The predicted molar refractivity (Wildman–Crippen MR) is 100 cm³/mol. The topological polar surface area (TPSA) is 72.9 Å². The molecule has 1 saturated carbocycles. The molecular weight excluding hydrogens is 374 g/mol. The first kappa shape index (κ1) is 19.8. The summed E-state index contributed by atoms with van der Waals surface area (Å²) in [5, 5.41) is 7.51. The standard InChI is InChI=1S/C19H22F2N4O.ClH/c1-19(10-22,11-5-6-11)23-18(26)17-13-3-2-4-16(13)25(24-17)12-7-8-14(20)15(21)9-12;/h7-9,11H,2-6,10,22H2,1H3,(H,23,26);1H. The van der Waals surface area contributed by atoms with Gasteiger partial charge in [-0.25, -0.2) is 13.5 Å². The van der Waals surface area contributed by atoms with Crippen LogP contribution in [0, 0.1) is 17.6 Å². The summed E-state index contributed by atoms with van der Waals surface area (Å²) in [5.41, 5.74) is 8.03. The summed E-state index contributed by atoms with van der Waals surface area (Å²) in [6, 6.07) is 3.66. The zero-order valence-corrected chi connectivity index (χ0v) is 15.9. The summed E-state index contributed by atoms with van der Waals surface area (Å²) in [4.78, 5) is 12.9. The van der Waals surface area contributed by atoms with Crippen LogP contribution in [0.5, 0.6) is 0 Å². The van der Waals surface area contributed by atoms with Crippen molar-refractivity contribution in [1.82, 2.24) is 15.1 Å². The maximum absolute atomic E-state index is 13.6. The number of benzene rings is 1. The van der Waals surface area contributed by atoms with E-state index in [0.717, 1.165) is 55.5 Å². The first-order valence-electron chi connectivity index (χ1n) is 9.02. The summed E-state index contributed by atoms with van der Waals surface area (Å²) in [6.45, 7) is 2.34. The van der Waals surface area contributed by atoms with Gasteiger partial charge in [-0.05, 0) is 57.1 Å². The van der Waals surface area contributed by atoms with Gasteiger partial charge >= 0.3 is 0 Å². The number of carbonyl (C=O) groups excluding carboxylic acids is 1. The molecule has 1 fully saturated rings. The van der Waals surface area contributed by atoms with Crippen molar-refractivity contribution in [1.29, 1.82) is 0 Å². The first-order valence-corrected chi connectivity index (χ1v) is 9.02. The van der Waals surface area contributed by atoms with Crippen molar-refractivity contribution < 1.29 is 13.6 Å². The Bertz CT molecular complexity index is 881. The second kappa shape index (κ2) is 7.20. The number of rotatable bonds is 5. The van der Waals surface area contributed by atoms with Gasteiger partial charge in [-0.3, -0.25) is 4.79 Å². The number of nitrogens with two attached hydrogens (primary N) is 1. The van der Waals surface area contributed by atoms with E-state index < -0.39 is 17.2 Å². The molecule has 1 aromatic heterocycles. The van der Waals surface area contributed by atoms with E-state index in [2.05, 4.69) is 10.4 Å². The van der Waals surface area contributed by atoms with Crippen LogP contribution in [0.15, 0.2) is 18.2 Å². The number of aromatic nitrogens is 2. The van der Waals surface area contributed by atoms with E-state index in [4.69, 9.17) is 5.73 Å². The van der Waals surface area contributed by atoms with E-state index in [1.54, 1.807) is 4.68 Å². The smallest absolute Gasteiger partial charge is 0.272 e. The largest absolute Gasteiger partial charge is 0.344 e. The number of halogens is 3. The molecular formula is C19H23ClF2N4O. The molecule has 2 aliphatic carbocycles. The molecule has 1 aromatic carbocycles. The van der Waals surface area contributed by atoms with Gasteiger partial charge < -0.3 is 11.1 Å². The van der Waals surface area contributed by atoms with Gasteiger partial charge in [-0.2, -0.15) is 5.10 Å². The van der Waals surface area contributed by atoms with Crippen molar-refractivity contribution in [3.63, 3.8) is 0 Å². The Kier molecular flexibility index (Phi) is 5.27. The number of fused-ring (bicyclic) bond motifs is 1. The maximum atomic E-state index is 13.6. The van der Waals surface area contributed by atoms with Crippen LogP contribution in [0.3, 0.4) is 0 Å². The monoisotopic (exact) mass is 396 g/mol. The number of nitrogens with zero attached hydrogens (tertiary/aromatic N) is 2. The van der Waals surface area contributed by atoms with Crippen LogP contribution >= 0.6 is 12.4 Å². The summed E-state index contributed by atoms with van der Waals surface area (Å²) in [6.07, 6.45) is 4.55. The molecule has 2 aliphatic rings. The summed E-state index contributed by atoms with van der Waals surface area (Å²) in [5.74, 6) is -1.68. The van der Waals surface area contributed by atoms with Gasteiger partial charge in [0.05, 0.1) is 11.2 Å². The van der Waals surface area contributed by atoms with E-state index >= 15 is 0 Å². The third kappa shape index (κ3) is 3.46. The fourth-order valence-electron chi connectivity index (χ4n) is 3.81. The highest BCUT2D eigenvalue weighted by atomic mass is 35.5. The molecule has 0 saturated heterocycles. The second-order valence-electron chi connectivity index (χ2n) is 7.49. The molecule has 1 heterocycles. The Hall–Kier alpha value is -1.99. The van der Waals surface area contributed by atoms with Crippen LogP contribution in [-0.2, 0) is 12.8 Å². The molecule has 0 radical (unpaired) electrons. The predicted octanol–water partition coefficient (Wildman–Crippen LogP) is 2.92. The van der Waals surface area contributed by atoms with Gasteiger partial charge in [-0.1, -0.05) is 0 Å². The maximum Gasteiger partial charge on any atom is 0.272 e. The average Bonchev–Trinajstić information content (AvgIpc) is 3.27. The molecule has 1 unspecified atom stereocenters. The van der Waals surface area contributed by atoms with Gasteiger partial charge in [0.1, 0.15) is 0 Å². The molecule has 0 spiro atoms. The SMILES string of the molecule is CC(CN)(NC(=O)c1nn(-c2ccc(F)c(F)c2)c2c1CCC2)C1CC1.Cl. The summed E-state index contributed by atoms with van der Waals surface area (Å²) in [7, 11) is 0. The third-order valence-corrected chi connectivity index (χ3v) is 5.59. The summed E-state index contributed by atoms with van der Waals surface area (Å²) >= 11 is 0. The lowest BCUT2D eigenvalue weighted by molar-refractivity contribution is 0.0891. The third-order valence-electron chi connectivity index (χ3n) is 5.59. The molecule has 27 heavy (non-hydrogen) atoms. The Morgan fingerprint density at radius 3 is 2.70 bits per heavy atom. The Morgan fingerprint density at radius 1 is 1.33 bits per heavy atom. The molecule has 5 nitrogen and oxygen atoms in total. The molecule has 8 heteroatoms. The fraction of sp³-hybridized carbons (Fsp3) is 0.474. The molecule has 4 rings (SSSR count). The van der Waals surface area contributed by atoms with Crippen LogP contribution in [0.4, 0.5) is 8.78 Å². The summed E-state index contributed by atoms with van der Waals surface area (Å²) < 4.78 is 28.5. The minimum atomic E-state index is -0.930. The first-order chi connectivity index (χ1) is 12.4. The quantitative estimate of drug-likeness (QED) is 0.816. The number of hydrogen-bond acceptors (Lipinski definition) is 3. The Morgan fingerprint density at radius 2 is 2.07 bits per heavy atom. The van der Waals surface area contributed by atoms with Gasteiger partial charge in [0, 0.05) is 23.9 Å². The normalized spacial score (nSPS) is 17.8. The van der Waals surface area contributed by atoms with Gasteiger partial charge in [0.15, 0.2) is 17.3 Å². The lowest BCUT2D eigenvalue weighted by Crippen LogP contribution is -2.53. The molecule has 1 amide bonds. The van der Waals surface area contributed by atoms with Crippen molar-refractivity contribution in [3.8, 4) is 5.69 Å². The Labute approximate surface area is 162 Å². The fourth-order valence-corrected chi connectivity index (χ4v) is 3.81. The molecule has 146 valence electrons. The number of nitrogens with one attached hydrogen (secondary N) is 1. The van der Waals surface area contributed by atoms with Crippen LogP contribution in [0.2, 0.25) is 0 Å². The highest BCUT2D eigenvalue weighted by molar-refractivity contribution is 5.95. The molecule has 0 aliphatic heterocycles. The Balaban J connectivity index is 0.00000210. The lowest BCUT2D eigenvalue weighted by Gasteiger charge is -2.29. The highest BCUT2D eigenvalue weighted by Gasteiger charge is 2.42. The molecule has 1 atom stereocenters. The minimum Gasteiger partial charge on any atom is -0.344 e. The number of amides is 1. The van der Waals surface area contributed by atoms with Crippen molar-refractivity contribution in [2.75, 3.05) is 6.54 Å². The average molecular weight is 397 g/mol. The van der Waals surface area contributed by atoms with Crippen molar-refractivity contribution in [3.05, 3.63) is 46.8 Å². The number of hydrogen-bond donors (Lipinski definition) is 2. The molecule has 0 bridgehead atoms. The van der Waals surface area contributed by atoms with Gasteiger partial charge in [0.2, 0.25) is 0 Å². The van der Waals surface area contributed by atoms with E-state index in [9.17, 15) is 13.6 Å². The van der Waals surface area contributed by atoms with E-state index in [0.29, 0.717) is 23.8 Å². The second-order valence-corrected chi connectivity index (χ2v) is 7.49. The zero-order chi connectivity index (χ0) is 18.5. The van der Waals surface area contributed by atoms with E-state index in [1.165, 1.54) is 6.07 Å². The van der Waals surface area contributed by atoms with Crippen molar-refractivity contribution in [2.45, 2.75) is 44.6 Å². The zero-order valence-electron chi connectivity index (χ0n) is 15.1. The van der Waals surface area contributed by atoms with Crippen molar-refractivity contribution in [2.24, 2.45) is 11.7 Å². The minimum absolute atomic E-state index is 0. The highest BCUT2D eigenvalue weighted by Crippen LogP contribution is 2.39. The number of carbonyl (C=O) groups is 1. The van der Waals surface area contributed by atoms with E-state index in [-0.39, 0.29) is 18.3 Å².